The summed E-state index contributed by atoms with van der Waals surface area (Å²) in [7, 11) is 0. The summed E-state index contributed by atoms with van der Waals surface area (Å²) in [5.41, 5.74) is 3.76. The van der Waals surface area contributed by atoms with E-state index in [0.29, 0.717) is 38.3 Å². The van der Waals surface area contributed by atoms with Crippen LogP contribution in [0.2, 0.25) is 0 Å². The highest BCUT2D eigenvalue weighted by Gasteiger charge is 2.30. The molecule has 0 spiro atoms. The fourth-order valence-electron chi connectivity index (χ4n) is 6.04. The van der Waals surface area contributed by atoms with Crippen LogP contribution < -0.4 is 0 Å². The van der Waals surface area contributed by atoms with Crippen LogP contribution in [0.25, 0.3) is 0 Å². The lowest BCUT2D eigenvalue weighted by Gasteiger charge is -2.31. The molecule has 6 rings (SSSR count). The summed E-state index contributed by atoms with van der Waals surface area (Å²) in [6.07, 6.45) is 9.22. The van der Waals surface area contributed by atoms with Crippen molar-refractivity contribution in [3.8, 4) is 0 Å². The molecule has 0 aliphatic carbocycles. The Bertz CT molecular complexity index is 1250. The van der Waals surface area contributed by atoms with Crippen molar-refractivity contribution in [1.29, 1.82) is 0 Å². The Morgan fingerprint density at radius 3 is 1.86 bits per heavy atom. The van der Waals surface area contributed by atoms with Crippen LogP contribution in [-0.2, 0) is 44.9 Å². The highest BCUT2D eigenvalue weighted by molar-refractivity contribution is 5.69. The van der Waals surface area contributed by atoms with Crippen LogP contribution >= 0.6 is 0 Å². The maximum absolute atomic E-state index is 12.2. The number of carbonyl (C=O) groups excluding carboxylic acids is 2. The Morgan fingerprint density at radius 2 is 1.30 bits per heavy atom. The van der Waals surface area contributed by atoms with Gasteiger partial charge in [0, 0.05) is 75.4 Å². The van der Waals surface area contributed by atoms with Gasteiger partial charge in [0.05, 0.1) is 37.1 Å². The molecule has 0 radical (unpaired) electrons. The van der Waals surface area contributed by atoms with Crippen LogP contribution in [-0.4, -0.2) is 92.3 Å². The molecular formula is C32H50N6O6. The fourth-order valence-corrected chi connectivity index (χ4v) is 6.04. The van der Waals surface area contributed by atoms with E-state index in [1.54, 1.807) is 9.80 Å². The number of hydrogen-bond acceptors (Lipinski definition) is 8. The van der Waals surface area contributed by atoms with Gasteiger partial charge in [-0.1, -0.05) is 0 Å². The molecule has 0 unspecified atom stereocenters. The van der Waals surface area contributed by atoms with Crippen LogP contribution in [0.15, 0.2) is 12.4 Å². The van der Waals surface area contributed by atoms with Gasteiger partial charge in [-0.2, -0.15) is 10.2 Å². The molecule has 0 N–H and O–H groups in total. The zero-order valence-electron chi connectivity index (χ0n) is 27.3. The van der Waals surface area contributed by atoms with Crippen molar-refractivity contribution in [2.75, 3.05) is 39.5 Å². The first-order valence-corrected chi connectivity index (χ1v) is 16.1. The van der Waals surface area contributed by atoms with Crippen LogP contribution in [0.3, 0.4) is 0 Å². The molecule has 0 saturated carbocycles. The normalized spacial score (nSPS) is 19.9. The number of carbonyl (C=O) groups is 2. The number of rotatable bonds is 2. The summed E-state index contributed by atoms with van der Waals surface area (Å²) in [6, 6.07) is 0.861. The van der Waals surface area contributed by atoms with Crippen molar-refractivity contribution in [2.45, 2.75) is 116 Å². The second-order valence-electron chi connectivity index (χ2n) is 14.1. The molecule has 2 aromatic heterocycles. The monoisotopic (exact) mass is 614 g/mol. The number of amides is 2. The van der Waals surface area contributed by atoms with Crippen LogP contribution in [0, 0.1) is 0 Å². The predicted octanol–water partition coefficient (Wildman–Crippen LogP) is 5.06. The van der Waals surface area contributed by atoms with Crippen molar-refractivity contribution in [1.82, 2.24) is 29.4 Å². The molecule has 4 aliphatic rings. The number of aromatic nitrogens is 4. The van der Waals surface area contributed by atoms with Crippen LogP contribution in [0.4, 0.5) is 9.59 Å². The van der Waals surface area contributed by atoms with Gasteiger partial charge < -0.3 is 28.7 Å². The predicted molar refractivity (Wildman–Crippen MR) is 163 cm³/mol. The maximum atomic E-state index is 12.2. The number of fused-ring (bicyclic) bond motifs is 2. The quantitative estimate of drug-likeness (QED) is 0.462. The fraction of sp³-hybridized carbons (Fsp3) is 0.750. The smallest absolute Gasteiger partial charge is 0.410 e. The topological polar surface area (TPSA) is 113 Å². The van der Waals surface area contributed by atoms with Gasteiger partial charge in [0.25, 0.3) is 0 Å². The van der Waals surface area contributed by atoms with Crippen molar-refractivity contribution in [3.05, 3.63) is 34.9 Å². The van der Waals surface area contributed by atoms with E-state index >= 15 is 0 Å². The molecule has 2 fully saturated rings. The van der Waals surface area contributed by atoms with Crippen LogP contribution in [0.5, 0.6) is 0 Å². The Hall–Kier alpha value is -3.12. The highest BCUT2D eigenvalue weighted by atomic mass is 16.6. The summed E-state index contributed by atoms with van der Waals surface area (Å²) in [6.45, 7) is 17.1. The zero-order chi connectivity index (χ0) is 31.5. The molecule has 2 aromatic rings. The molecule has 0 aromatic carbocycles. The molecular weight excluding hydrogens is 564 g/mol. The lowest BCUT2D eigenvalue weighted by molar-refractivity contribution is 0.0211. The van der Waals surface area contributed by atoms with Gasteiger partial charge in [-0.25, -0.2) is 9.59 Å². The Balaban J connectivity index is 0.000000175. The van der Waals surface area contributed by atoms with E-state index in [2.05, 4.69) is 20.7 Å². The zero-order valence-corrected chi connectivity index (χ0v) is 27.3. The van der Waals surface area contributed by atoms with E-state index in [4.69, 9.17) is 24.0 Å². The third-order valence-electron chi connectivity index (χ3n) is 8.24. The van der Waals surface area contributed by atoms with E-state index in [9.17, 15) is 9.59 Å². The molecule has 44 heavy (non-hydrogen) atoms. The number of nitrogens with zero attached hydrogens (tertiary/aromatic N) is 6. The van der Waals surface area contributed by atoms with E-state index in [1.807, 2.05) is 47.7 Å². The van der Waals surface area contributed by atoms with Crippen LogP contribution in [0.1, 0.15) is 102 Å². The lowest BCUT2D eigenvalue weighted by atomic mass is 10.1. The lowest BCUT2D eigenvalue weighted by Crippen LogP contribution is -2.40. The van der Waals surface area contributed by atoms with Gasteiger partial charge in [0.1, 0.15) is 11.2 Å². The molecule has 244 valence electrons. The van der Waals surface area contributed by atoms with E-state index in [1.165, 1.54) is 5.69 Å². The third-order valence-corrected chi connectivity index (χ3v) is 8.24. The second kappa shape index (κ2) is 13.5. The standard InChI is InChI=1S/2C16H25N3O3/c1-16(2,3)22-15(20)18-7-4-14-12(10-18)11-19(17-14)13-5-8-21-9-6-13;1-16(2,3)22-15(20)18-7-4-14-12(11-18)10-17-19(14)13-5-8-21-9-6-13/h11,13H,4-10H2,1-3H3;10,13H,4-9,11H2,1-3H3. The van der Waals surface area contributed by atoms with E-state index < -0.39 is 11.2 Å². The minimum atomic E-state index is -0.455. The molecule has 2 saturated heterocycles. The van der Waals surface area contributed by atoms with Crippen molar-refractivity contribution >= 4 is 12.2 Å². The molecule has 12 heteroatoms. The first kappa shape index (κ1) is 32.3. The second-order valence-corrected chi connectivity index (χ2v) is 14.1. The van der Waals surface area contributed by atoms with Gasteiger partial charge in [-0.05, 0) is 67.2 Å². The van der Waals surface area contributed by atoms with Crippen molar-refractivity contribution in [2.24, 2.45) is 0 Å². The maximum Gasteiger partial charge on any atom is 0.410 e. The highest BCUT2D eigenvalue weighted by Crippen LogP contribution is 2.28. The van der Waals surface area contributed by atoms with E-state index in [-0.39, 0.29) is 12.2 Å². The Labute approximate surface area is 260 Å². The largest absolute Gasteiger partial charge is 0.444 e. The van der Waals surface area contributed by atoms with Gasteiger partial charge in [-0.3, -0.25) is 9.36 Å². The molecule has 4 aliphatic heterocycles. The minimum Gasteiger partial charge on any atom is -0.444 e. The number of ether oxygens (including phenoxy) is 4. The van der Waals surface area contributed by atoms with Crippen molar-refractivity contribution in [3.63, 3.8) is 0 Å². The average molecular weight is 615 g/mol. The van der Waals surface area contributed by atoms with E-state index in [0.717, 1.165) is 81.8 Å². The molecule has 6 heterocycles. The molecule has 0 bridgehead atoms. The SMILES string of the molecule is CC(C)(C)OC(=O)N1CCc2c(cnn2C2CCOCC2)C1.CC(C)(C)OC(=O)N1CCc2nn(C3CCOCC3)cc2C1. The number of hydrogen-bond donors (Lipinski definition) is 0. The van der Waals surface area contributed by atoms with Gasteiger partial charge in [0.15, 0.2) is 0 Å². The molecule has 0 atom stereocenters. The summed E-state index contributed by atoms with van der Waals surface area (Å²) < 4.78 is 26.0. The first-order valence-electron chi connectivity index (χ1n) is 16.1. The molecule has 2 amide bonds. The summed E-state index contributed by atoms with van der Waals surface area (Å²) in [4.78, 5) is 27.9. The molecule has 12 nitrogen and oxygen atoms in total. The Morgan fingerprint density at radius 1 is 0.773 bits per heavy atom. The summed E-state index contributed by atoms with van der Waals surface area (Å²) in [5.74, 6) is 0. The Kier molecular flexibility index (Phi) is 9.89. The minimum absolute atomic E-state index is 0.239. The third kappa shape index (κ3) is 8.32. The summed E-state index contributed by atoms with van der Waals surface area (Å²) in [5, 5.41) is 9.30. The first-order chi connectivity index (χ1) is 20.9. The van der Waals surface area contributed by atoms with Crippen molar-refractivity contribution < 1.29 is 28.5 Å². The summed E-state index contributed by atoms with van der Waals surface area (Å²) >= 11 is 0. The van der Waals surface area contributed by atoms with Gasteiger partial charge >= 0.3 is 12.2 Å². The van der Waals surface area contributed by atoms with Gasteiger partial charge in [-0.15, -0.1) is 0 Å². The average Bonchev–Trinajstić information content (AvgIpc) is 3.60. The van der Waals surface area contributed by atoms with Gasteiger partial charge in [0.2, 0.25) is 0 Å².